The Bertz CT molecular complexity index is 421. The molecule has 2 saturated heterocycles. The maximum Gasteiger partial charge on any atom is 0.0396 e. The average Bonchev–Trinajstić information content (AvgIpc) is 2.27. The van der Waals surface area contributed by atoms with Crippen molar-refractivity contribution in [2.24, 2.45) is 5.41 Å². The normalized spacial score (nSPS) is 22.6. The molecule has 0 atom stereocenters. The van der Waals surface area contributed by atoms with Crippen molar-refractivity contribution in [1.29, 1.82) is 0 Å². The van der Waals surface area contributed by atoms with Crippen LogP contribution in [0.25, 0.3) is 0 Å². The summed E-state index contributed by atoms with van der Waals surface area (Å²) >= 11 is 0. The second-order valence-electron chi connectivity index (χ2n) is 5.92. The van der Waals surface area contributed by atoms with Gasteiger partial charge in [0.15, 0.2) is 0 Å². The van der Waals surface area contributed by atoms with Gasteiger partial charge in [-0.05, 0) is 38.3 Å². The van der Waals surface area contributed by atoms with E-state index >= 15 is 0 Å². The van der Waals surface area contributed by atoms with E-state index in [-0.39, 0.29) is 0 Å². The van der Waals surface area contributed by atoms with Crippen molar-refractivity contribution in [3.63, 3.8) is 0 Å². The Morgan fingerprint density at radius 2 is 2.06 bits per heavy atom. The molecule has 0 amide bonds. The Balaban J connectivity index is 1.83. The van der Waals surface area contributed by atoms with Crippen molar-refractivity contribution in [3.8, 4) is 0 Å². The number of piperidine rings is 1. The molecular formula is C15H22N2. The molecule has 2 heterocycles. The van der Waals surface area contributed by atoms with Crippen LogP contribution in [0, 0.1) is 19.3 Å². The van der Waals surface area contributed by atoms with Crippen molar-refractivity contribution in [2.45, 2.75) is 26.7 Å². The molecule has 92 valence electrons. The molecule has 1 aromatic carbocycles. The lowest BCUT2D eigenvalue weighted by Crippen LogP contribution is -2.61. The van der Waals surface area contributed by atoms with Crippen LogP contribution in [0.2, 0.25) is 0 Å². The third kappa shape index (κ3) is 1.95. The highest BCUT2D eigenvalue weighted by molar-refractivity contribution is 5.55. The number of hydrogen-bond acceptors (Lipinski definition) is 2. The Morgan fingerprint density at radius 3 is 2.71 bits per heavy atom. The zero-order valence-electron chi connectivity index (χ0n) is 10.9. The molecule has 17 heavy (non-hydrogen) atoms. The number of benzene rings is 1. The summed E-state index contributed by atoms with van der Waals surface area (Å²) in [4.78, 5) is 2.60. The quantitative estimate of drug-likeness (QED) is 0.797. The highest BCUT2D eigenvalue weighted by Crippen LogP contribution is 2.36. The van der Waals surface area contributed by atoms with Crippen LogP contribution in [-0.4, -0.2) is 26.2 Å². The maximum absolute atomic E-state index is 3.44. The van der Waals surface area contributed by atoms with Gasteiger partial charge in [-0.25, -0.2) is 0 Å². The molecule has 1 N–H and O–H groups in total. The van der Waals surface area contributed by atoms with Gasteiger partial charge in [0, 0.05) is 37.3 Å². The van der Waals surface area contributed by atoms with Crippen molar-refractivity contribution >= 4 is 5.69 Å². The van der Waals surface area contributed by atoms with Gasteiger partial charge in [0.05, 0.1) is 0 Å². The average molecular weight is 230 g/mol. The van der Waals surface area contributed by atoms with Crippen molar-refractivity contribution in [3.05, 3.63) is 29.3 Å². The van der Waals surface area contributed by atoms with Crippen LogP contribution < -0.4 is 10.2 Å². The minimum atomic E-state index is 0.579. The fraction of sp³-hybridized carbons (Fsp3) is 0.600. The third-order valence-corrected chi connectivity index (χ3v) is 4.35. The number of nitrogens with one attached hydrogen (secondary N) is 1. The second-order valence-corrected chi connectivity index (χ2v) is 5.92. The van der Waals surface area contributed by atoms with Crippen LogP contribution >= 0.6 is 0 Å². The van der Waals surface area contributed by atoms with E-state index in [9.17, 15) is 0 Å². The molecule has 2 nitrogen and oxygen atoms in total. The van der Waals surface area contributed by atoms with E-state index in [4.69, 9.17) is 0 Å². The van der Waals surface area contributed by atoms with Gasteiger partial charge < -0.3 is 10.2 Å². The topological polar surface area (TPSA) is 15.3 Å². The summed E-state index contributed by atoms with van der Waals surface area (Å²) in [5.74, 6) is 0. The largest absolute Gasteiger partial charge is 0.371 e. The summed E-state index contributed by atoms with van der Waals surface area (Å²) < 4.78 is 0. The lowest BCUT2D eigenvalue weighted by molar-refractivity contribution is 0.138. The molecule has 1 aromatic rings. The molecular weight excluding hydrogens is 208 g/mol. The molecule has 0 radical (unpaired) electrons. The fourth-order valence-corrected chi connectivity index (χ4v) is 3.34. The molecule has 1 spiro atoms. The SMILES string of the molecule is Cc1ccc(N2CCCC3(CNC3)C2)c(C)c1. The Hall–Kier alpha value is -1.02. The Labute approximate surface area is 104 Å². The van der Waals surface area contributed by atoms with Gasteiger partial charge in [0.2, 0.25) is 0 Å². The number of nitrogens with zero attached hydrogens (tertiary/aromatic N) is 1. The van der Waals surface area contributed by atoms with Gasteiger partial charge in [-0.15, -0.1) is 0 Å². The molecule has 0 unspecified atom stereocenters. The fourth-order valence-electron chi connectivity index (χ4n) is 3.34. The third-order valence-electron chi connectivity index (χ3n) is 4.35. The van der Waals surface area contributed by atoms with Gasteiger partial charge in [-0.3, -0.25) is 0 Å². The van der Waals surface area contributed by atoms with Crippen molar-refractivity contribution in [2.75, 3.05) is 31.1 Å². The second kappa shape index (κ2) is 4.02. The van der Waals surface area contributed by atoms with E-state index in [2.05, 4.69) is 42.3 Å². The van der Waals surface area contributed by atoms with Gasteiger partial charge in [-0.1, -0.05) is 17.7 Å². The first-order valence-electron chi connectivity index (χ1n) is 6.72. The summed E-state index contributed by atoms with van der Waals surface area (Å²) in [6.45, 7) is 9.31. The van der Waals surface area contributed by atoms with E-state index in [1.165, 1.54) is 55.8 Å². The summed E-state index contributed by atoms with van der Waals surface area (Å²) in [5, 5.41) is 3.44. The van der Waals surface area contributed by atoms with E-state index in [1.54, 1.807) is 0 Å². The summed E-state index contributed by atoms with van der Waals surface area (Å²) in [7, 11) is 0. The van der Waals surface area contributed by atoms with Crippen LogP contribution in [0.15, 0.2) is 18.2 Å². The first-order valence-corrected chi connectivity index (χ1v) is 6.72. The van der Waals surface area contributed by atoms with Crippen molar-refractivity contribution in [1.82, 2.24) is 5.32 Å². The molecule has 2 heteroatoms. The lowest BCUT2D eigenvalue weighted by atomic mass is 9.75. The monoisotopic (exact) mass is 230 g/mol. The molecule has 0 aliphatic carbocycles. The Morgan fingerprint density at radius 1 is 1.24 bits per heavy atom. The molecule has 3 rings (SSSR count). The number of anilines is 1. The van der Waals surface area contributed by atoms with Crippen LogP contribution in [0.1, 0.15) is 24.0 Å². The zero-order valence-corrected chi connectivity index (χ0v) is 10.9. The van der Waals surface area contributed by atoms with Crippen molar-refractivity contribution < 1.29 is 0 Å². The molecule has 2 aliphatic heterocycles. The Kier molecular flexibility index (Phi) is 2.62. The van der Waals surface area contributed by atoms with Crippen LogP contribution in [0.4, 0.5) is 5.69 Å². The lowest BCUT2D eigenvalue weighted by Gasteiger charge is -2.50. The molecule has 0 bridgehead atoms. The number of aryl methyl sites for hydroxylation is 2. The summed E-state index contributed by atoms with van der Waals surface area (Å²) in [5.41, 5.74) is 4.81. The maximum atomic E-state index is 3.44. The van der Waals surface area contributed by atoms with Gasteiger partial charge in [0.25, 0.3) is 0 Å². The molecule has 0 aromatic heterocycles. The zero-order chi connectivity index (χ0) is 11.9. The van der Waals surface area contributed by atoms with Crippen LogP contribution in [0.3, 0.4) is 0 Å². The first kappa shape index (κ1) is 11.1. The van der Waals surface area contributed by atoms with E-state index in [0.29, 0.717) is 5.41 Å². The summed E-state index contributed by atoms with van der Waals surface area (Å²) in [6, 6.07) is 6.84. The molecule has 0 saturated carbocycles. The van der Waals surface area contributed by atoms with Crippen LogP contribution in [-0.2, 0) is 0 Å². The number of rotatable bonds is 1. The standard InChI is InChI=1S/C15H22N2/c1-12-4-5-14(13(2)8-12)17-7-3-6-15(11-17)9-16-10-15/h4-5,8,16H,3,6-7,9-11H2,1-2H3. The van der Waals surface area contributed by atoms with E-state index in [0.717, 1.165) is 0 Å². The highest BCUT2D eigenvalue weighted by atomic mass is 15.2. The van der Waals surface area contributed by atoms with E-state index < -0.39 is 0 Å². The molecule has 2 fully saturated rings. The highest BCUT2D eigenvalue weighted by Gasteiger charge is 2.40. The predicted molar refractivity (Wildman–Crippen MR) is 72.7 cm³/mol. The van der Waals surface area contributed by atoms with Gasteiger partial charge in [-0.2, -0.15) is 0 Å². The number of hydrogen-bond donors (Lipinski definition) is 1. The minimum Gasteiger partial charge on any atom is -0.371 e. The predicted octanol–water partition coefficient (Wildman–Crippen LogP) is 2.49. The first-order chi connectivity index (χ1) is 8.19. The minimum absolute atomic E-state index is 0.579. The van der Waals surface area contributed by atoms with Gasteiger partial charge in [0.1, 0.15) is 0 Å². The van der Waals surface area contributed by atoms with Gasteiger partial charge >= 0.3 is 0 Å². The summed E-state index contributed by atoms with van der Waals surface area (Å²) in [6.07, 6.45) is 2.75. The smallest absolute Gasteiger partial charge is 0.0396 e. The van der Waals surface area contributed by atoms with E-state index in [1.807, 2.05) is 0 Å². The van der Waals surface area contributed by atoms with Crippen LogP contribution in [0.5, 0.6) is 0 Å². The molecule has 2 aliphatic rings.